The smallest absolute Gasteiger partial charge is 0.291 e. The topological polar surface area (TPSA) is 51.5 Å². The summed E-state index contributed by atoms with van der Waals surface area (Å²) in [6.45, 7) is 0. The van der Waals surface area contributed by atoms with E-state index in [4.69, 9.17) is 20.8 Å². The van der Waals surface area contributed by atoms with E-state index >= 15 is 0 Å². The van der Waals surface area contributed by atoms with Crippen molar-refractivity contribution in [2.75, 3.05) is 12.4 Å². The summed E-state index contributed by atoms with van der Waals surface area (Å²) in [6.07, 6.45) is 1.43. The van der Waals surface area contributed by atoms with E-state index in [1.54, 1.807) is 37.4 Å². The number of rotatable bonds is 3. The summed E-state index contributed by atoms with van der Waals surface area (Å²) in [4.78, 5) is 11.7. The highest BCUT2D eigenvalue weighted by molar-refractivity contribution is 6.34. The fraction of sp³-hybridized carbons (Fsp3) is 0.0833. The summed E-state index contributed by atoms with van der Waals surface area (Å²) in [5.41, 5.74) is 0.479. The quantitative estimate of drug-likeness (QED) is 0.911. The van der Waals surface area contributed by atoms with Crippen LogP contribution in [0.4, 0.5) is 5.69 Å². The molecular formula is C12H10ClNO3. The average Bonchev–Trinajstić information content (AvgIpc) is 2.85. The molecule has 0 aliphatic heterocycles. The van der Waals surface area contributed by atoms with E-state index in [1.807, 2.05) is 0 Å². The van der Waals surface area contributed by atoms with Crippen LogP contribution in [0.1, 0.15) is 10.6 Å². The number of amides is 1. The maximum Gasteiger partial charge on any atom is 0.291 e. The number of hydrogen-bond donors (Lipinski definition) is 1. The first-order chi connectivity index (χ1) is 8.20. The van der Waals surface area contributed by atoms with Crippen LogP contribution in [-0.4, -0.2) is 13.0 Å². The van der Waals surface area contributed by atoms with Crippen molar-refractivity contribution in [3.8, 4) is 5.75 Å². The first-order valence-corrected chi connectivity index (χ1v) is 5.27. The third-order valence-electron chi connectivity index (χ3n) is 2.17. The van der Waals surface area contributed by atoms with Gasteiger partial charge < -0.3 is 14.5 Å². The number of carbonyl (C=O) groups excluding carboxylic acids is 1. The molecule has 0 atom stereocenters. The van der Waals surface area contributed by atoms with Gasteiger partial charge in [-0.05, 0) is 24.3 Å². The molecule has 0 saturated heterocycles. The molecule has 0 radical (unpaired) electrons. The van der Waals surface area contributed by atoms with Gasteiger partial charge in [0.1, 0.15) is 5.75 Å². The van der Waals surface area contributed by atoms with Crippen molar-refractivity contribution in [3.63, 3.8) is 0 Å². The van der Waals surface area contributed by atoms with Gasteiger partial charge in [-0.25, -0.2) is 0 Å². The number of anilines is 1. The molecule has 5 heteroatoms. The summed E-state index contributed by atoms with van der Waals surface area (Å²) in [5.74, 6) is 0.484. The number of nitrogens with one attached hydrogen (secondary N) is 1. The highest BCUT2D eigenvalue weighted by Crippen LogP contribution is 2.27. The second kappa shape index (κ2) is 4.93. The molecule has 0 fully saturated rings. The zero-order chi connectivity index (χ0) is 12.3. The molecular weight excluding hydrogens is 242 g/mol. The minimum Gasteiger partial charge on any atom is -0.497 e. The first-order valence-electron chi connectivity index (χ1n) is 4.89. The van der Waals surface area contributed by atoms with Crippen molar-refractivity contribution in [1.82, 2.24) is 0 Å². The highest BCUT2D eigenvalue weighted by Gasteiger charge is 2.11. The van der Waals surface area contributed by atoms with Gasteiger partial charge in [-0.2, -0.15) is 0 Å². The number of hydrogen-bond acceptors (Lipinski definition) is 3. The zero-order valence-corrected chi connectivity index (χ0v) is 9.82. The molecule has 0 aliphatic rings. The molecule has 2 rings (SSSR count). The Bertz CT molecular complexity index is 523. The van der Waals surface area contributed by atoms with E-state index in [-0.39, 0.29) is 11.7 Å². The van der Waals surface area contributed by atoms with Crippen LogP contribution in [0.2, 0.25) is 5.02 Å². The Morgan fingerprint density at radius 1 is 1.41 bits per heavy atom. The lowest BCUT2D eigenvalue weighted by atomic mass is 10.3. The Labute approximate surface area is 103 Å². The number of methoxy groups -OCH3 is 1. The fourth-order valence-corrected chi connectivity index (χ4v) is 1.48. The molecule has 17 heavy (non-hydrogen) atoms. The van der Waals surface area contributed by atoms with Crippen molar-refractivity contribution < 1.29 is 13.9 Å². The molecule has 0 spiro atoms. The predicted octanol–water partition coefficient (Wildman–Crippen LogP) is 3.19. The normalized spacial score (nSPS) is 10.0. The van der Waals surface area contributed by atoms with Gasteiger partial charge in [0, 0.05) is 6.07 Å². The number of ether oxygens (including phenoxy) is 1. The minimum absolute atomic E-state index is 0.226. The predicted molar refractivity (Wildman–Crippen MR) is 64.7 cm³/mol. The molecule has 1 aromatic heterocycles. The number of furan rings is 1. The highest BCUT2D eigenvalue weighted by atomic mass is 35.5. The lowest BCUT2D eigenvalue weighted by Crippen LogP contribution is -2.11. The van der Waals surface area contributed by atoms with Gasteiger partial charge in [0.05, 0.1) is 24.1 Å². The largest absolute Gasteiger partial charge is 0.497 e. The van der Waals surface area contributed by atoms with Crippen molar-refractivity contribution in [2.45, 2.75) is 0 Å². The standard InChI is InChI=1S/C12H10ClNO3/c1-16-8-4-5-9(13)10(7-8)14-12(15)11-3-2-6-17-11/h2-7H,1H3,(H,14,15). The number of benzene rings is 1. The number of halogens is 1. The second-order valence-corrected chi connectivity index (χ2v) is 3.68. The Kier molecular flexibility index (Phi) is 3.35. The van der Waals surface area contributed by atoms with Crippen molar-refractivity contribution >= 4 is 23.2 Å². The summed E-state index contributed by atoms with van der Waals surface area (Å²) >= 11 is 5.96. The summed E-state index contributed by atoms with van der Waals surface area (Å²) in [5, 5.41) is 3.08. The van der Waals surface area contributed by atoms with E-state index < -0.39 is 0 Å². The van der Waals surface area contributed by atoms with Gasteiger partial charge >= 0.3 is 0 Å². The van der Waals surface area contributed by atoms with Gasteiger partial charge in [-0.1, -0.05) is 11.6 Å². The first kappa shape index (κ1) is 11.5. The third kappa shape index (κ3) is 2.60. The molecule has 1 N–H and O–H groups in total. The molecule has 1 heterocycles. The van der Waals surface area contributed by atoms with Crippen LogP contribution in [-0.2, 0) is 0 Å². The van der Waals surface area contributed by atoms with Crippen molar-refractivity contribution in [2.24, 2.45) is 0 Å². The molecule has 1 aromatic carbocycles. The molecule has 0 saturated carbocycles. The maximum atomic E-state index is 11.7. The second-order valence-electron chi connectivity index (χ2n) is 3.28. The molecule has 2 aromatic rings. The van der Waals surface area contributed by atoms with E-state index in [0.29, 0.717) is 16.5 Å². The van der Waals surface area contributed by atoms with Gasteiger partial charge in [0.15, 0.2) is 5.76 Å². The van der Waals surface area contributed by atoms with Gasteiger partial charge in [0.2, 0.25) is 0 Å². The van der Waals surface area contributed by atoms with Crippen LogP contribution >= 0.6 is 11.6 Å². The van der Waals surface area contributed by atoms with Crippen molar-refractivity contribution in [3.05, 3.63) is 47.4 Å². The van der Waals surface area contributed by atoms with Crippen LogP contribution in [0, 0.1) is 0 Å². The van der Waals surface area contributed by atoms with Gasteiger partial charge in [0.25, 0.3) is 5.91 Å². The molecule has 1 amide bonds. The zero-order valence-electron chi connectivity index (χ0n) is 9.07. The minimum atomic E-state index is -0.356. The molecule has 0 bridgehead atoms. The molecule has 0 unspecified atom stereocenters. The SMILES string of the molecule is COc1ccc(Cl)c(NC(=O)c2ccco2)c1. The Hall–Kier alpha value is -1.94. The van der Waals surface area contributed by atoms with E-state index in [0.717, 1.165) is 0 Å². The summed E-state index contributed by atoms with van der Waals surface area (Å²) < 4.78 is 10.0. The molecule has 4 nitrogen and oxygen atoms in total. The van der Waals surface area contributed by atoms with E-state index in [1.165, 1.54) is 6.26 Å². The van der Waals surface area contributed by atoms with Crippen LogP contribution < -0.4 is 10.1 Å². The Morgan fingerprint density at radius 2 is 2.24 bits per heavy atom. The third-order valence-corrected chi connectivity index (χ3v) is 2.50. The van der Waals surface area contributed by atoms with Crippen LogP contribution in [0.25, 0.3) is 0 Å². The number of carbonyl (C=O) groups is 1. The maximum absolute atomic E-state index is 11.7. The fourth-order valence-electron chi connectivity index (χ4n) is 1.32. The van der Waals surface area contributed by atoms with Gasteiger partial charge in [-0.15, -0.1) is 0 Å². The molecule has 0 aliphatic carbocycles. The Balaban J connectivity index is 2.21. The summed E-state index contributed by atoms with van der Waals surface area (Å²) in [6, 6.07) is 8.22. The molecule has 88 valence electrons. The van der Waals surface area contributed by atoms with Crippen LogP contribution in [0.5, 0.6) is 5.75 Å². The Morgan fingerprint density at radius 3 is 2.88 bits per heavy atom. The average molecular weight is 252 g/mol. The van der Waals surface area contributed by atoms with Crippen LogP contribution in [0.15, 0.2) is 41.0 Å². The monoisotopic (exact) mass is 251 g/mol. The lowest BCUT2D eigenvalue weighted by molar-refractivity contribution is 0.0996. The lowest BCUT2D eigenvalue weighted by Gasteiger charge is -2.07. The summed E-state index contributed by atoms with van der Waals surface area (Å²) in [7, 11) is 1.54. The van der Waals surface area contributed by atoms with E-state index in [2.05, 4.69) is 5.32 Å². The van der Waals surface area contributed by atoms with Crippen LogP contribution in [0.3, 0.4) is 0 Å². The van der Waals surface area contributed by atoms with Crippen molar-refractivity contribution in [1.29, 1.82) is 0 Å². The van der Waals surface area contributed by atoms with Gasteiger partial charge in [-0.3, -0.25) is 4.79 Å². The van der Waals surface area contributed by atoms with E-state index in [9.17, 15) is 4.79 Å².